The molecule has 16 heavy (non-hydrogen) atoms. The van der Waals surface area contributed by atoms with Crippen LogP contribution in [0.4, 0.5) is 5.69 Å². The van der Waals surface area contributed by atoms with Crippen molar-refractivity contribution in [1.29, 1.82) is 0 Å². The summed E-state index contributed by atoms with van der Waals surface area (Å²) in [4.78, 5) is 13.8. The molecule has 2 heteroatoms. The second-order valence-corrected chi connectivity index (χ2v) is 4.63. The van der Waals surface area contributed by atoms with Crippen LogP contribution in [0.5, 0.6) is 0 Å². The van der Waals surface area contributed by atoms with Crippen molar-refractivity contribution < 1.29 is 4.79 Å². The first-order valence-corrected chi connectivity index (χ1v) is 6.07. The number of nitrogens with zero attached hydrogens (tertiary/aromatic N) is 1. The van der Waals surface area contributed by atoms with Gasteiger partial charge in [0.15, 0.2) is 5.78 Å². The molecule has 0 aromatic heterocycles. The number of rotatable bonds is 4. The van der Waals surface area contributed by atoms with Gasteiger partial charge in [-0.25, -0.2) is 0 Å². The Labute approximate surface area is 97.3 Å². The lowest BCUT2D eigenvalue weighted by Crippen LogP contribution is -2.47. The minimum absolute atomic E-state index is 0.162. The molecule has 1 fully saturated rings. The van der Waals surface area contributed by atoms with Crippen molar-refractivity contribution in [3.8, 4) is 0 Å². The predicted molar refractivity (Wildman–Crippen MR) is 67.1 cm³/mol. The van der Waals surface area contributed by atoms with Gasteiger partial charge in [-0.2, -0.15) is 0 Å². The molecule has 0 aliphatic carbocycles. The second kappa shape index (κ2) is 4.69. The first-order chi connectivity index (χ1) is 7.72. The number of carbonyl (C=O) groups excluding carboxylic acids is 1. The topological polar surface area (TPSA) is 20.3 Å². The highest BCUT2D eigenvalue weighted by molar-refractivity contribution is 5.99. The van der Waals surface area contributed by atoms with Gasteiger partial charge in [-0.05, 0) is 31.4 Å². The molecule has 1 aliphatic rings. The van der Waals surface area contributed by atoms with Gasteiger partial charge < -0.3 is 4.90 Å². The third-order valence-corrected chi connectivity index (χ3v) is 3.28. The molecule has 1 aromatic carbocycles. The van der Waals surface area contributed by atoms with E-state index in [1.165, 1.54) is 12.8 Å². The molecule has 0 amide bonds. The van der Waals surface area contributed by atoms with Gasteiger partial charge in [-0.3, -0.25) is 4.79 Å². The number of para-hydroxylation sites is 1. The fourth-order valence-corrected chi connectivity index (χ4v) is 2.40. The minimum atomic E-state index is 0.162. The number of ketones is 1. The number of benzene rings is 1. The van der Waals surface area contributed by atoms with Gasteiger partial charge in [0.05, 0.1) is 0 Å². The zero-order chi connectivity index (χ0) is 11.5. The van der Waals surface area contributed by atoms with E-state index < -0.39 is 0 Å². The Hall–Kier alpha value is -1.31. The molecule has 2 rings (SSSR count). The minimum Gasteiger partial charge on any atom is -0.370 e. The molecule has 0 radical (unpaired) electrons. The number of Topliss-reactive ketones (excluding diaryl/α,β-unsaturated/α-hetero) is 1. The van der Waals surface area contributed by atoms with Gasteiger partial charge in [0.2, 0.25) is 0 Å². The zero-order valence-corrected chi connectivity index (χ0v) is 10.1. The number of anilines is 1. The third kappa shape index (κ3) is 2.11. The smallest absolute Gasteiger partial charge is 0.161 e. The molecular formula is C14H19NO. The standard InChI is InChI=1S/C14H19NO/c1-3-6-12-9-15(10-12)14-8-5-4-7-13(14)11(2)16/h4-5,7-8,12H,3,6,9-10H2,1-2H3. The van der Waals surface area contributed by atoms with Crippen molar-refractivity contribution in [3.05, 3.63) is 29.8 Å². The van der Waals surface area contributed by atoms with E-state index in [-0.39, 0.29) is 5.78 Å². The van der Waals surface area contributed by atoms with E-state index in [2.05, 4.69) is 17.9 Å². The highest BCUT2D eigenvalue weighted by atomic mass is 16.1. The molecule has 1 aliphatic heterocycles. The van der Waals surface area contributed by atoms with Crippen LogP contribution in [0.15, 0.2) is 24.3 Å². The SMILES string of the molecule is CCCC1CN(c2ccccc2C(C)=O)C1. The van der Waals surface area contributed by atoms with Crippen LogP contribution in [0, 0.1) is 5.92 Å². The van der Waals surface area contributed by atoms with Gasteiger partial charge in [-0.1, -0.05) is 25.5 Å². The summed E-state index contributed by atoms with van der Waals surface area (Å²) in [7, 11) is 0. The zero-order valence-electron chi connectivity index (χ0n) is 10.1. The lowest BCUT2D eigenvalue weighted by atomic mass is 9.93. The van der Waals surface area contributed by atoms with Gasteiger partial charge >= 0.3 is 0 Å². The molecule has 0 N–H and O–H groups in total. The Morgan fingerprint density at radius 3 is 2.69 bits per heavy atom. The van der Waals surface area contributed by atoms with Gasteiger partial charge in [0.25, 0.3) is 0 Å². The maximum Gasteiger partial charge on any atom is 0.161 e. The van der Waals surface area contributed by atoms with E-state index in [1.54, 1.807) is 6.92 Å². The van der Waals surface area contributed by atoms with Crippen LogP contribution < -0.4 is 4.90 Å². The van der Waals surface area contributed by atoms with E-state index in [0.717, 1.165) is 30.3 Å². The first kappa shape index (κ1) is 11.2. The molecule has 2 nitrogen and oxygen atoms in total. The van der Waals surface area contributed by atoms with Crippen molar-refractivity contribution >= 4 is 11.5 Å². The Balaban J connectivity index is 2.08. The molecule has 0 atom stereocenters. The molecule has 0 saturated carbocycles. The number of carbonyl (C=O) groups is 1. The first-order valence-electron chi connectivity index (χ1n) is 6.07. The molecule has 86 valence electrons. The summed E-state index contributed by atoms with van der Waals surface area (Å²) >= 11 is 0. The molecule has 1 saturated heterocycles. The summed E-state index contributed by atoms with van der Waals surface area (Å²) < 4.78 is 0. The van der Waals surface area contributed by atoms with Crippen LogP contribution >= 0.6 is 0 Å². The van der Waals surface area contributed by atoms with Crippen molar-refractivity contribution in [2.45, 2.75) is 26.7 Å². The van der Waals surface area contributed by atoms with Crippen LogP contribution in [0.1, 0.15) is 37.0 Å². The second-order valence-electron chi connectivity index (χ2n) is 4.63. The normalized spacial score (nSPS) is 16.0. The Bertz CT molecular complexity index is 380. The van der Waals surface area contributed by atoms with E-state index >= 15 is 0 Å². The fourth-order valence-electron chi connectivity index (χ4n) is 2.40. The summed E-state index contributed by atoms with van der Waals surface area (Å²) in [6, 6.07) is 7.92. The van der Waals surface area contributed by atoms with Crippen molar-refractivity contribution in [1.82, 2.24) is 0 Å². The number of hydrogen-bond acceptors (Lipinski definition) is 2. The van der Waals surface area contributed by atoms with E-state index in [4.69, 9.17) is 0 Å². The van der Waals surface area contributed by atoms with Gasteiger partial charge in [-0.15, -0.1) is 0 Å². The van der Waals surface area contributed by atoms with Gasteiger partial charge in [0.1, 0.15) is 0 Å². The largest absolute Gasteiger partial charge is 0.370 e. The van der Waals surface area contributed by atoms with Crippen LogP contribution in [0.25, 0.3) is 0 Å². The third-order valence-electron chi connectivity index (χ3n) is 3.28. The Morgan fingerprint density at radius 2 is 2.06 bits per heavy atom. The molecule has 1 heterocycles. The maximum atomic E-state index is 11.5. The molecule has 0 spiro atoms. The molecular weight excluding hydrogens is 198 g/mol. The van der Waals surface area contributed by atoms with Crippen molar-refractivity contribution in [2.24, 2.45) is 5.92 Å². The number of hydrogen-bond donors (Lipinski definition) is 0. The van der Waals surface area contributed by atoms with E-state index in [9.17, 15) is 4.79 Å². The Kier molecular flexibility index (Phi) is 3.28. The summed E-state index contributed by atoms with van der Waals surface area (Å²) in [5, 5.41) is 0. The van der Waals surface area contributed by atoms with Crippen molar-refractivity contribution in [3.63, 3.8) is 0 Å². The van der Waals surface area contributed by atoms with Crippen molar-refractivity contribution in [2.75, 3.05) is 18.0 Å². The van der Waals surface area contributed by atoms with Crippen LogP contribution in [-0.2, 0) is 0 Å². The lowest BCUT2D eigenvalue weighted by Gasteiger charge is -2.42. The average Bonchev–Trinajstić information content (AvgIpc) is 2.23. The molecule has 0 bridgehead atoms. The summed E-state index contributed by atoms with van der Waals surface area (Å²) in [5.41, 5.74) is 1.97. The average molecular weight is 217 g/mol. The summed E-state index contributed by atoms with van der Waals surface area (Å²) in [6.07, 6.45) is 2.56. The highest BCUT2D eigenvalue weighted by Crippen LogP contribution is 2.30. The monoisotopic (exact) mass is 217 g/mol. The predicted octanol–water partition coefficient (Wildman–Crippen LogP) is 3.13. The maximum absolute atomic E-state index is 11.5. The summed E-state index contributed by atoms with van der Waals surface area (Å²) in [6.45, 7) is 6.09. The van der Waals surface area contributed by atoms with E-state index in [0.29, 0.717) is 0 Å². The Morgan fingerprint density at radius 1 is 1.38 bits per heavy atom. The quantitative estimate of drug-likeness (QED) is 0.722. The van der Waals surface area contributed by atoms with Crippen LogP contribution in [0.3, 0.4) is 0 Å². The van der Waals surface area contributed by atoms with Crippen LogP contribution in [0.2, 0.25) is 0 Å². The highest BCUT2D eigenvalue weighted by Gasteiger charge is 2.27. The lowest BCUT2D eigenvalue weighted by molar-refractivity contribution is 0.101. The fraction of sp³-hybridized carbons (Fsp3) is 0.500. The van der Waals surface area contributed by atoms with Gasteiger partial charge in [0, 0.05) is 24.3 Å². The summed E-state index contributed by atoms with van der Waals surface area (Å²) in [5.74, 6) is 0.986. The van der Waals surface area contributed by atoms with Crippen LogP contribution in [-0.4, -0.2) is 18.9 Å². The van der Waals surface area contributed by atoms with E-state index in [1.807, 2.05) is 18.2 Å². The molecule has 0 unspecified atom stereocenters. The molecule has 1 aromatic rings.